The van der Waals surface area contributed by atoms with Gasteiger partial charge in [-0.1, -0.05) is 115 Å². The molecule has 0 spiro atoms. The average Bonchev–Trinajstić information content (AvgIpc) is 2.72. The topological polar surface area (TPSA) is 18.5 Å². The third kappa shape index (κ3) is 6.81. The molecule has 0 amide bonds. The summed E-state index contributed by atoms with van der Waals surface area (Å²) in [5.74, 6) is 0.773. The molecule has 2 nitrogen and oxygen atoms in total. The van der Waals surface area contributed by atoms with E-state index in [4.69, 9.17) is 8.85 Å². The van der Waals surface area contributed by atoms with Crippen LogP contribution >= 0.6 is 0 Å². The highest BCUT2D eigenvalue weighted by atomic mass is 28.4. The minimum Gasteiger partial charge on any atom is -0.544 e. The van der Waals surface area contributed by atoms with Gasteiger partial charge in [0, 0.05) is 6.61 Å². The molecule has 0 bridgehead atoms. The highest BCUT2D eigenvalue weighted by Crippen LogP contribution is 2.38. The number of benzene rings is 2. The van der Waals surface area contributed by atoms with Crippen molar-refractivity contribution in [3.05, 3.63) is 85.2 Å². The molecule has 0 radical (unpaired) electrons. The van der Waals surface area contributed by atoms with Gasteiger partial charge in [0.2, 0.25) is 8.32 Å². The van der Waals surface area contributed by atoms with Gasteiger partial charge in [-0.25, -0.2) is 0 Å². The summed E-state index contributed by atoms with van der Waals surface area (Å²) in [7, 11) is -4.28. The SMILES string of the molecule is C=C(/C=C/CCCO[Si](c1ccccc1)(c1ccccc1)C(C)(C)C)O[Si](C)(C)C(C)(C)C. The predicted molar refractivity (Wildman–Crippen MR) is 149 cm³/mol. The van der Waals surface area contributed by atoms with Crippen LogP contribution in [0.2, 0.25) is 23.2 Å². The molecule has 0 fully saturated rings. The molecule has 0 N–H and O–H groups in total. The number of hydrogen-bond donors (Lipinski definition) is 0. The Balaban J connectivity index is 2.09. The second-order valence-electron chi connectivity index (χ2n) is 11.4. The lowest BCUT2D eigenvalue weighted by molar-refractivity contribution is 0.293. The molecule has 0 heterocycles. The first-order valence-electron chi connectivity index (χ1n) is 12.1. The Morgan fingerprint density at radius 2 is 1.30 bits per heavy atom. The Kier molecular flexibility index (Phi) is 9.14. The van der Waals surface area contributed by atoms with E-state index in [1.54, 1.807) is 0 Å². The molecular formula is C29H44O2Si2. The van der Waals surface area contributed by atoms with E-state index in [1.165, 1.54) is 10.4 Å². The molecule has 2 rings (SSSR count). The van der Waals surface area contributed by atoms with E-state index < -0.39 is 16.6 Å². The van der Waals surface area contributed by atoms with E-state index in [0.717, 1.165) is 25.2 Å². The minimum atomic E-state index is -2.44. The van der Waals surface area contributed by atoms with E-state index in [9.17, 15) is 0 Å². The fourth-order valence-corrected chi connectivity index (χ4v) is 9.55. The van der Waals surface area contributed by atoms with Crippen molar-refractivity contribution < 1.29 is 8.85 Å². The Morgan fingerprint density at radius 3 is 1.73 bits per heavy atom. The van der Waals surface area contributed by atoms with Gasteiger partial charge in [0.1, 0.15) is 0 Å². The van der Waals surface area contributed by atoms with Gasteiger partial charge >= 0.3 is 0 Å². The Hall–Kier alpha value is -1.89. The molecule has 2 aromatic carbocycles. The Labute approximate surface area is 205 Å². The molecule has 0 aliphatic rings. The lowest BCUT2D eigenvalue weighted by Gasteiger charge is -2.43. The summed E-state index contributed by atoms with van der Waals surface area (Å²) >= 11 is 0. The number of allylic oxidation sites excluding steroid dienone is 2. The first kappa shape index (κ1) is 27.4. The summed E-state index contributed by atoms with van der Waals surface area (Å²) in [5.41, 5.74) is 0. The third-order valence-electron chi connectivity index (χ3n) is 6.75. The van der Waals surface area contributed by atoms with Crippen molar-refractivity contribution in [3.63, 3.8) is 0 Å². The maximum Gasteiger partial charge on any atom is 0.261 e. The lowest BCUT2D eigenvalue weighted by atomic mass is 10.2. The predicted octanol–water partition coefficient (Wildman–Crippen LogP) is 7.43. The van der Waals surface area contributed by atoms with Crippen LogP contribution < -0.4 is 10.4 Å². The van der Waals surface area contributed by atoms with E-state index in [-0.39, 0.29) is 10.1 Å². The molecule has 0 saturated carbocycles. The van der Waals surface area contributed by atoms with Crippen LogP contribution in [0.25, 0.3) is 0 Å². The normalized spacial score (nSPS) is 13.3. The van der Waals surface area contributed by atoms with Crippen molar-refractivity contribution in [1.82, 2.24) is 0 Å². The molecule has 0 aliphatic heterocycles. The monoisotopic (exact) mass is 480 g/mol. The second kappa shape index (κ2) is 11.0. The highest BCUT2D eigenvalue weighted by molar-refractivity contribution is 6.99. The van der Waals surface area contributed by atoms with E-state index in [1.807, 2.05) is 6.08 Å². The van der Waals surface area contributed by atoms with Crippen molar-refractivity contribution >= 4 is 27.0 Å². The summed E-state index contributed by atoms with van der Waals surface area (Å²) in [6.07, 6.45) is 6.11. The Morgan fingerprint density at radius 1 is 0.818 bits per heavy atom. The molecule has 0 atom stereocenters. The fourth-order valence-electron chi connectivity index (χ4n) is 3.92. The van der Waals surface area contributed by atoms with E-state index in [2.05, 4.69) is 128 Å². The molecule has 180 valence electrons. The number of hydrogen-bond acceptors (Lipinski definition) is 2. The van der Waals surface area contributed by atoms with Gasteiger partial charge in [-0.15, -0.1) is 0 Å². The van der Waals surface area contributed by atoms with Crippen LogP contribution in [0.1, 0.15) is 54.4 Å². The van der Waals surface area contributed by atoms with Gasteiger partial charge in [-0.3, -0.25) is 0 Å². The molecular weight excluding hydrogens is 436 g/mol. The first-order chi connectivity index (χ1) is 15.3. The summed E-state index contributed by atoms with van der Waals surface area (Å²) in [6.45, 7) is 23.1. The van der Waals surface area contributed by atoms with Gasteiger partial charge in [-0.05, 0) is 52.5 Å². The van der Waals surface area contributed by atoms with Gasteiger partial charge in [0.25, 0.3) is 8.32 Å². The summed E-state index contributed by atoms with van der Waals surface area (Å²) in [4.78, 5) is 0. The Bertz CT molecular complexity index is 865. The largest absolute Gasteiger partial charge is 0.544 e. The highest BCUT2D eigenvalue weighted by Gasteiger charge is 2.49. The molecule has 0 aliphatic carbocycles. The van der Waals surface area contributed by atoms with E-state index in [0.29, 0.717) is 0 Å². The third-order valence-corrected chi connectivity index (χ3v) is 16.2. The zero-order valence-electron chi connectivity index (χ0n) is 22.1. The fraction of sp³-hybridized carbons (Fsp3) is 0.448. The van der Waals surface area contributed by atoms with E-state index >= 15 is 0 Å². The number of rotatable bonds is 10. The van der Waals surface area contributed by atoms with Crippen molar-refractivity contribution in [1.29, 1.82) is 0 Å². The summed E-state index contributed by atoms with van der Waals surface area (Å²) in [5, 5.41) is 2.84. The maximum absolute atomic E-state index is 6.96. The molecule has 4 heteroatoms. The van der Waals surface area contributed by atoms with Gasteiger partial charge in [0.15, 0.2) is 0 Å². The van der Waals surface area contributed by atoms with Crippen molar-refractivity contribution in [3.8, 4) is 0 Å². The van der Waals surface area contributed by atoms with Gasteiger partial charge in [0.05, 0.1) is 5.76 Å². The second-order valence-corrected chi connectivity index (χ2v) is 20.4. The molecule has 0 unspecified atom stereocenters. The standard InChI is InChI=1S/C29H44O2Si2/c1-25(31-32(8,9)28(2,3)4)19-13-12-18-24-30-33(29(5,6)7,26-20-14-10-15-21-26)27-22-16-11-17-23-27/h10-11,13-17,19-23H,1,12,18,24H2,2-9H3/b19-13+. The van der Waals surface area contributed by atoms with Gasteiger partial charge < -0.3 is 8.85 Å². The van der Waals surface area contributed by atoms with Crippen LogP contribution in [-0.2, 0) is 8.85 Å². The molecule has 2 aromatic rings. The number of unbranched alkanes of at least 4 members (excludes halogenated alkanes) is 1. The van der Waals surface area contributed by atoms with Crippen molar-refractivity contribution in [2.24, 2.45) is 0 Å². The van der Waals surface area contributed by atoms with Gasteiger partial charge in [-0.2, -0.15) is 0 Å². The maximum atomic E-state index is 6.96. The zero-order valence-corrected chi connectivity index (χ0v) is 24.1. The average molecular weight is 481 g/mol. The minimum absolute atomic E-state index is 0.0108. The summed E-state index contributed by atoms with van der Waals surface area (Å²) < 4.78 is 13.2. The van der Waals surface area contributed by atoms with Crippen LogP contribution in [0.5, 0.6) is 0 Å². The van der Waals surface area contributed by atoms with Crippen LogP contribution in [0.15, 0.2) is 85.2 Å². The molecule has 33 heavy (non-hydrogen) atoms. The molecule has 0 saturated heterocycles. The first-order valence-corrected chi connectivity index (χ1v) is 16.9. The summed E-state index contributed by atoms with van der Waals surface area (Å²) in [6, 6.07) is 21.7. The van der Waals surface area contributed by atoms with Crippen LogP contribution in [0, 0.1) is 0 Å². The van der Waals surface area contributed by atoms with Crippen LogP contribution in [0.4, 0.5) is 0 Å². The quantitative estimate of drug-likeness (QED) is 0.152. The van der Waals surface area contributed by atoms with Crippen molar-refractivity contribution in [2.45, 2.75) is 77.6 Å². The van der Waals surface area contributed by atoms with Crippen molar-refractivity contribution in [2.75, 3.05) is 6.61 Å². The smallest absolute Gasteiger partial charge is 0.261 e. The zero-order chi connectivity index (χ0) is 24.8. The lowest BCUT2D eigenvalue weighted by Crippen LogP contribution is -2.66. The molecule has 0 aromatic heterocycles. The van der Waals surface area contributed by atoms with Crippen LogP contribution in [-0.4, -0.2) is 23.2 Å². The van der Waals surface area contributed by atoms with Crippen LogP contribution in [0.3, 0.4) is 0 Å².